The molecule has 0 radical (unpaired) electrons. The highest BCUT2D eigenvalue weighted by Gasteiger charge is 2.22. The third-order valence-electron chi connectivity index (χ3n) is 2.44. The van der Waals surface area contributed by atoms with Crippen molar-refractivity contribution >= 4 is 11.8 Å². The summed E-state index contributed by atoms with van der Waals surface area (Å²) in [7, 11) is 0. The summed E-state index contributed by atoms with van der Waals surface area (Å²) >= 11 is 0. The fraction of sp³-hybridized carbons (Fsp3) is 0.273. The second kappa shape index (κ2) is 4.48. The van der Waals surface area contributed by atoms with Crippen molar-refractivity contribution in [3.63, 3.8) is 0 Å². The van der Waals surface area contributed by atoms with Gasteiger partial charge in [0, 0.05) is 24.7 Å². The van der Waals surface area contributed by atoms with Crippen LogP contribution in [0, 0.1) is 11.6 Å². The third kappa shape index (κ3) is 2.58. The summed E-state index contributed by atoms with van der Waals surface area (Å²) in [6, 6.07) is 2.61. The van der Waals surface area contributed by atoms with Gasteiger partial charge in [-0.3, -0.25) is 9.59 Å². The van der Waals surface area contributed by atoms with Crippen LogP contribution in [0.25, 0.3) is 0 Å². The molecule has 2 amide bonds. The number of piperazine rings is 1. The lowest BCUT2D eigenvalue weighted by Gasteiger charge is -2.26. The van der Waals surface area contributed by atoms with Crippen LogP contribution in [0.3, 0.4) is 0 Å². The number of benzene rings is 1. The molecular weight excluding hydrogens is 230 g/mol. The number of carbonyl (C=O) groups is 2. The second-order valence-electron chi connectivity index (χ2n) is 3.73. The van der Waals surface area contributed by atoms with Crippen molar-refractivity contribution in [3.8, 4) is 0 Å². The summed E-state index contributed by atoms with van der Waals surface area (Å²) in [6.07, 6.45) is 0. The van der Waals surface area contributed by atoms with E-state index in [2.05, 4.69) is 5.32 Å². The van der Waals surface area contributed by atoms with Gasteiger partial charge in [0.1, 0.15) is 11.6 Å². The van der Waals surface area contributed by atoms with Crippen LogP contribution in [-0.4, -0.2) is 36.3 Å². The Hall–Kier alpha value is -1.98. The van der Waals surface area contributed by atoms with Crippen LogP contribution in [-0.2, 0) is 4.79 Å². The lowest BCUT2D eigenvalue weighted by molar-refractivity contribution is -0.123. The first-order valence-electron chi connectivity index (χ1n) is 5.08. The number of halogens is 2. The van der Waals surface area contributed by atoms with Gasteiger partial charge in [0.25, 0.3) is 5.91 Å². The maximum absolute atomic E-state index is 12.9. The number of hydrogen-bond donors (Lipinski definition) is 1. The predicted octanol–water partition coefficient (Wildman–Crippen LogP) is 0.537. The van der Waals surface area contributed by atoms with E-state index in [1.54, 1.807) is 0 Å². The van der Waals surface area contributed by atoms with Crippen LogP contribution < -0.4 is 5.32 Å². The summed E-state index contributed by atoms with van der Waals surface area (Å²) < 4.78 is 25.9. The van der Waals surface area contributed by atoms with Gasteiger partial charge < -0.3 is 10.2 Å². The largest absolute Gasteiger partial charge is 0.353 e. The summed E-state index contributed by atoms with van der Waals surface area (Å²) in [4.78, 5) is 24.2. The summed E-state index contributed by atoms with van der Waals surface area (Å²) in [5.41, 5.74) is -0.0859. The Kier molecular flexibility index (Phi) is 3.03. The minimum Gasteiger partial charge on any atom is -0.353 e. The minimum atomic E-state index is -0.810. The first-order chi connectivity index (χ1) is 8.06. The van der Waals surface area contributed by atoms with E-state index in [9.17, 15) is 18.4 Å². The van der Waals surface area contributed by atoms with Gasteiger partial charge in [-0.1, -0.05) is 0 Å². The lowest BCUT2D eigenvalue weighted by atomic mass is 10.1. The number of nitrogens with zero attached hydrogens (tertiary/aromatic N) is 1. The number of rotatable bonds is 1. The second-order valence-corrected chi connectivity index (χ2v) is 3.73. The van der Waals surface area contributed by atoms with E-state index in [0.717, 1.165) is 12.1 Å². The number of hydrogen-bond acceptors (Lipinski definition) is 2. The Morgan fingerprint density at radius 3 is 2.47 bits per heavy atom. The Morgan fingerprint density at radius 1 is 1.24 bits per heavy atom. The molecule has 4 nitrogen and oxygen atoms in total. The minimum absolute atomic E-state index is 0.0859. The van der Waals surface area contributed by atoms with E-state index in [0.29, 0.717) is 19.2 Å². The molecule has 0 bridgehead atoms. The van der Waals surface area contributed by atoms with Crippen LogP contribution in [0.15, 0.2) is 18.2 Å². The van der Waals surface area contributed by atoms with Crippen molar-refractivity contribution < 1.29 is 18.4 Å². The van der Waals surface area contributed by atoms with Gasteiger partial charge in [0.2, 0.25) is 5.91 Å². The van der Waals surface area contributed by atoms with Crippen molar-refractivity contribution in [1.29, 1.82) is 0 Å². The molecule has 17 heavy (non-hydrogen) atoms. The van der Waals surface area contributed by atoms with E-state index >= 15 is 0 Å². The summed E-state index contributed by atoms with van der Waals surface area (Å²) in [6.45, 7) is 0.599. The molecule has 0 saturated carbocycles. The van der Waals surface area contributed by atoms with Gasteiger partial charge in [-0.25, -0.2) is 8.78 Å². The lowest BCUT2D eigenvalue weighted by Crippen LogP contribution is -2.50. The molecule has 1 aliphatic rings. The van der Waals surface area contributed by atoms with E-state index in [-0.39, 0.29) is 18.0 Å². The Bertz CT molecular complexity index is 456. The molecule has 2 rings (SSSR count). The molecule has 1 aliphatic heterocycles. The van der Waals surface area contributed by atoms with Crippen LogP contribution in [0.4, 0.5) is 8.78 Å². The Balaban J connectivity index is 2.21. The predicted molar refractivity (Wildman–Crippen MR) is 55.3 cm³/mol. The van der Waals surface area contributed by atoms with Gasteiger partial charge >= 0.3 is 0 Å². The van der Waals surface area contributed by atoms with Gasteiger partial charge in [-0.2, -0.15) is 0 Å². The molecule has 1 saturated heterocycles. The van der Waals surface area contributed by atoms with Crippen LogP contribution in [0.5, 0.6) is 0 Å². The monoisotopic (exact) mass is 240 g/mol. The van der Waals surface area contributed by atoms with Crippen LogP contribution in [0.1, 0.15) is 10.4 Å². The Labute approximate surface area is 96.2 Å². The zero-order valence-electron chi connectivity index (χ0n) is 8.87. The maximum Gasteiger partial charge on any atom is 0.254 e. The highest BCUT2D eigenvalue weighted by molar-refractivity contribution is 5.97. The first-order valence-corrected chi connectivity index (χ1v) is 5.08. The summed E-state index contributed by atoms with van der Waals surface area (Å²) in [5, 5.41) is 2.56. The van der Waals surface area contributed by atoms with E-state index in [1.165, 1.54) is 4.90 Å². The molecule has 0 unspecified atom stereocenters. The molecule has 90 valence electrons. The molecule has 6 heteroatoms. The molecular formula is C11H10F2N2O2. The SMILES string of the molecule is O=C1CN(C(=O)c2cc(F)cc(F)c2)CCN1. The quantitative estimate of drug-likeness (QED) is 0.778. The zero-order valence-corrected chi connectivity index (χ0v) is 8.87. The van der Waals surface area contributed by atoms with Gasteiger partial charge in [-0.05, 0) is 12.1 Å². The fourth-order valence-electron chi connectivity index (χ4n) is 1.67. The molecule has 1 heterocycles. The zero-order chi connectivity index (χ0) is 12.4. The standard InChI is InChI=1S/C11H10F2N2O2/c12-8-3-7(4-9(13)5-8)11(17)15-2-1-14-10(16)6-15/h3-5H,1-2,6H2,(H,14,16). The van der Waals surface area contributed by atoms with Crippen molar-refractivity contribution in [3.05, 3.63) is 35.4 Å². The number of carbonyl (C=O) groups excluding carboxylic acids is 2. The Morgan fingerprint density at radius 2 is 1.88 bits per heavy atom. The first kappa shape index (κ1) is 11.5. The third-order valence-corrected chi connectivity index (χ3v) is 2.44. The van der Waals surface area contributed by atoms with Gasteiger partial charge in [0.15, 0.2) is 0 Å². The topological polar surface area (TPSA) is 49.4 Å². The molecule has 1 aromatic carbocycles. The molecule has 0 spiro atoms. The molecule has 0 aliphatic carbocycles. The van der Waals surface area contributed by atoms with Crippen LogP contribution in [0.2, 0.25) is 0 Å². The average molecular weight is 240 g/mol. The smallest absolute Gasteiger partial charge is 0.254 e. The maximum atomic E-state index is 12.9. The molecule has 1 aromatic rings. The summed E-state index contributed by atoms with van der Waals surface area (Å²) in [5.74, 6) is -2.44. The van der Waals surface area contributed by atoms with E-state index < -0.39 is 17.5 Å². The highest BCUT2D eigenvalue weighted by Crippen LogP contribution is 2.11. The van der Waals surface area contributed by atoms with Gasteiger partial charge in [-0.15, -0.1) is 0 Å². The normalized spacial score (nSPS) is 15.6. The highest BCUT2D eigenvalue weighted by atomic mass is 19.1. The molecule has 0 atom stereocenters. The molecule has 0 aromatic heterocycles. The van der Waals surface area contributed by atoms with Crippen LogP contribution >= 0.6 is 0 Å². The molecule has 1 fully saturated rings. The van der Waals surface area contributed by atoms with Crippen molar-refractivity contribution in [2.24, 2.45) is 0 Å². The van der Waals surface area contributed by atoms with Crippen molar-refractivity contribution in [2.75, 3.05) is 19.6 Å². The van der Waals surface area contributed by atoms with E-state index in [1.807, 2.05) is 0 Å². The van der Waals surface area contributed by atoms with Gasteiger partial charge in [0.05, 0.1) is 6.54 Å². The average Bonchev–Trinajstić information content (AvgIpc) is 2.26. The molecule has 1 N–H and O–H groups in total. The van der Waals surface area contributed by atoms with Crippen molar-refractivity contribution in [1.82, 2.24) is 10.2 Å². The fourth-order valence-corrected chi connectivity index (χ4v) is 1.67. The van der Waals surface area contributed by atoms with E-state index in [4.69, 9.17) is 0 Å². The number of amides is 2. The number of nitrogens with one attached hydrogen (secondary N) is 1. The van der Waals surface area contributed by atoms with Crippen molar-refractivity contribution in [2.45, 2.75) is 0 Å².